The van der Waals surface area contributed by atoms with Crippen molar-refractivity contribution in [2.45, 2.75) is 26.3 Å². The molecule has 0 spiro atoms. The number of amides is 3. The second-order valence-corrected chi connectivity index (χ2v) is 9.04. The largest absolute Gasteiger partial charge is 0.493 e. The molecule has 3 amide bonds. The highest BCUT2D eigenvalue weighted by atomic mass is 16.5. The van der Waals surface area contributed by atoms with E-state index in [1.165, 1.54) is 17.7 Å². The van der Waals surface area contributed by atoms with Gasteiger partial charge in [-0.2, -0.15) is 0 Å². The Hall–Kier alpha value is -3.19. The molecule has 0 N–H and O–H groups in total. The molecule has 7 nitrogen and oxygen atoms in total. The Balaban J connectivity index is 1.33. The van der Waals surface area contributed by atoms with Crippen LogP contribution in [0.25, 0.3) is 0 Å². The van der Waals surface area contributed by atoms with Crippen molar-refractivity contribution in [2.75, 3.05) is 39.3 Å². The van der Waals surface area contributed by atoms with Gasteiger partial charge in [0.05, 0.1) is 29.8 Å². The molecule has 2 aliphatic heterocycles. The highest BCUT2D eigenvalue weighted by Crippen LogP contribution is 2.30. The van der Waals surface area contributed by atoms with Crippen LogP contribution in [0.5, 0.6) is 5.75 Å². The third-order valence-corrected chi connectivity index (χ3v) is 6.67. The fourth-order valence-electron chi connectivity index (χ4n) is 4.66. The third-order valence-electron chi connectivity index (χ3n) is 6.67. The van der Waals surface area contributed by atoms with Crippen molar-refractivity contribution in [1.82, 2.24) is 14.7 Å². The number of hydrogen-bond donors (Lipinski definition) is 0. The summed E-state index contributed by atoms with van der Waals surface area (Å²) in [6.07, 6.45) is 2.66. The number of nitrogens with zero attached hydrogens (tertiary/aromatic N) is 3. The first-order valence-electron chi connectivity index (χ1n) is 11.8. The number of carbonyl (C=O) groups is 3. The summed E-state index contributed by atoms with van der Waals surface area (Å²) in [7, 11) is 0. The van der Waals surface area contributed by atoms with Crippen molar-refractivity contribution in [3.05, 3.63) is 64.7 Å². The van der Waals surface area contributed by atoms with Gasteiger partial charge in [-0.3, -0.25) is 24.2 Å². The van der Waals surface area contributed by atoms with Gasteiger partial charge in [-0.05, 0) is 55.5 Å². The maximum Gasteiger partial charge on any atom is 0.261 e. The van der Waals surface area contributed by atoms with Gasteiger partial charge in [-0.25, -0.2) is 0 Å². The highest BCUT2D eigenvalue weighted by molar-refractivity contribution is 6.21. The Morgan fingerprint density at radius 3 is 2.24 bits per heavy atom. The summed E-state index contributed by atoms with van der Waals surface area (Å²) < 4.78 is 5.74. The molecule has 0 bridgehead atoms. The molecule has 0 aromatic heterocycles. The predicted octanol–water partition coefficient (Wildman–Crippen LogP) is 3.05. The fourth-order valence-corrected chi connectivity index (χ4v) is 4.66. The number of hydrogen-bond acceptors (Lipinski definition) is 5. The molecule has 2 aromatic carbocycles. The number of rotatable bonds is 7. The molecule has 1 saturated heterocycles. The Kier molecular flexibility index (Phi) is 5.89. The normalized spacial score (nSPS) is 18.6. The van der Waals surface area contributed by atoms with E-state index < -0.39 is 0 Å². The third kappa shape index (κ3) is 4.37. The standard InChI is InChI=1S/C26H29N3O4/c1-2-33-23-10-9-19(17-29-25(31)20-5-3-4-6-21(20)26(29)32)15-22(23)24(30)28-13-11-27(12-14-28)16-18-7-8-18/h3-6,9-10,15,18H,2,7-8,11-14,16-17H2,1H3. The topological polar surface area (TPSA) is 70.2 Å². The number of piperazine rings is 1. The van der Waals surface area contributed by atoms with Crippen LogP contribution in [-0.4, -0.2) is 71.8 Å². The van der Waals surface area contributed by atoms with Crippen LogP contribution >= 0.6 is 0 Å². The molecular weight excluding hydrogens is 418 g/mol. The molecule has 0 atom stereocenters. The van der Waals surface area contributed by atoms with Crippen LogP contribution in [0.1, 0.15) is 56.4 Å². The lowest BCUT2D eigenvalue weighted by Crippen LogP contribution is -2.49. The van der Waals surface area contributed by atoms with Gasteiger partial charge in [0.15, 0.2) is 0 Å². The van der Waals surface area contributed by atoms with Crippen molar-refractivity contribution < 1.29 is 19.1 Å². The number of ether oxygens (including phenoxy) is 1. The molecular formula is C26H29N3O4. The molecule has 1 aliphatic carbocycles. The summed E-state index contributed by atoms with van der Waals surface area (Å²) in [6, 6.07) is 12.2. The van der Waals surface area contributed by atoms with Crippen LogP contribution < -0.4 is 4.74 Å². The molecule has 1 saturated carbocycles. The smallest absolute Gasteiger partial charge is 0.261 e. The van der Waals surface area contributed by atoms with Crippen molar-refractivity contribution in [3.63, 3.8) is 0 Å². The van der Waals surface area contributed by atoms with E-state index >= 15 is 0 Å². The SMILES string of the molecule is CCOc1ccc(CN2C(=O)c3ccccc3C2=O)cc1C(=O)N1CCN(CC2CC2)CC1. The van der Waals surface area contributed by atoms with Crippen molar-refractivity contribution in [3.8, 4) is 5.75 Å². The van der Waals surface area contributed by atoms with E-state index in [4.69, 9.17) is 4.74 Å². The van der Waals surface area contributed by atoms with Gasteiger partial charge >= 0.3 is 0 Å². The molecule has 2 aromatic rings. The highest BCUT2D eigenvalue weighted by Gasteiger charge is 2.35. The van der Waals surface area contributed by atoms with Crippen LogP contribution in [0.3, 0.4) is 0 Å². The van der Waals surface area contributed by atoms with Gasteiger partial charge in [-0.15, -0.1) is 0 Å². The van der Waals surface area contributed by atoms with E-state index in [9.17, 15) is 14.4 Å². The lowest BCUT2D eigenvalue weighted by molar-refractivity contribution is 0.0626. The molecule has 172 valence electrons. The van der Waals surface area contributed by atoms with Gasteiger partial charge in [0.2, 0.25) is 0 Å². The molecule has 7 heteroatoms. The van der Waals surface area contributed by atoms with Crippen LogP contribution in [-0.2, 0) is 6.54 Å². The Morgan fingerprint density at radius 1 is 0.970 bits per heavy atom. The van der Waals surface area contributed by atoms with E-state index in [0.29, 0.717) is 42.1 Å². The second kappa shape index (κ2) is 8.98. The average molecular weight is 448 g/mol. The Labute approximate surface area is 193 Å². The van der Waals surface area contributed by atoms with Crippen LogP contribution in [0, 0.1) is 5.92 Å². The van der Waals surface area contributed by atoms with Crippen molar-refractivity contribution in [1.29, 1.82) is 0 Å². The zero-order valence-electron chi connectivity index (χ0n) is 19.0. The number of imide groups is 1. The lowest BCUT2D eigenvalue weighted by Gasteiger charge is -2.35. The van der Waals surface area contributed by atoms with Gasteiger partial charge in [0.25, 0.3) is 17.7 Å². The Bertz CT molecular complexity index is 1050. The van der Waals surface area contributed by atoms with Gasteiger partial charge in [-0.1, -0.05) is 18.2 Å². The summed E-state index contributed by atoms with van der Waals surface area (Å²) in [5.41, 5.74) is 2.06. The second-order valence-electron chi connectivity index (χ2n) is 9.04. The molecule has 2 heterocycles. The first-order valence-corrected chi connectivity index (χ1v) is 11.8. The number of carbonyl (C=O) groups excluding carboxylic acids is 3. The van der Waals surface area contributed by atoms with E-state index in [1.54, 1.807) is 36.4 Å². The Morgan fingerprint density at radius 2 is 1.64 bits per heavy atom. The minimum absolute atomic E-state index is 0.0614. The van der Waals surface area contributed by atoms with Crippen LogP contribution in [0.2, 0.25) is 0 Å². The van der Waals surface area contributed by atoms with Crippen LogP contribution in [0.15, 0.2) is 42.5 Å². The van der Waals surface area contributed by atoms with E-state index in [2.05, 4.69) is 4.90 Å². The summed E-state index contributed by atoms with van der Waals surface area (Å²) in [4.78, 5) is 44.5. The maximum absolute atomic E-state index is 13.4. The fraction of sp³-hybridized carbons (Fsp3) is 0.423. The van der Waals surface area contributed by atoms with Crippen LogP contribution in [0.4, 0.5) is 0 Å². The van der Waals surface area contributed by atoms with Crippen molar-refractivity contribution >= 4 is 17.7 Å². The molecule has 33 heavy (non-hydrogen) atoms. The van der Waals surface area contributed by atoms with E-state index in [0.717, 1.165) is 31.1 Å². The molecule has 2 fully saturated rings. The minimum Gasteiger partial charge on any atom is -0.493 e. The number of benzene rings is 2. The van der Waals surface area contributed by atoms with E-state index in [1.807, 2.05) is 17.9 Å². The zero-order valence-corrected chi connectivity index (χ0v) is 19.0. The monoisotopic (exact) mass is 447 g/mol. The summed E-state index contributed by atoms with van der Waals surface area (Å²) in [5.74, 6) is 0.715. The average Bonchev–Trinajstić information content (AvgIpc) is 3.63. The first-order chi connectivity index (χ1) is 16.0. The quantitative estimate of drug-likeness (QED) is 0.610. The first kappa shape index (κ1) is 21.6. The van der Waals surface area contributed by atoms with Crippen molar-refractivity contribution in [2.24, 2.45) is 5.92 Å². The molecule has 0 unspecified atom stereocenters. The molecule has 0 radical (unpaired) electrons. The van der Waals surface area contributed by atoms with E-state index in [-0.39, 0.29) is 24.3 Å². The molecule has 3 aliphatic rings. The summed E-state index contributed by atoms with van der Waals surface area (Å²) in [5, 5.41) is 0. The van der Waals surface area contributed by atoms with Gasteiger partial charge in [0.1, 0.15) is 5.75 Å². The predicted molar refractivity (Wildman–Crippen MR) is 123 cm³/mol. The summed E-state index contributed by atoms with van der Waals surface area (Å²) in [6.45, 7) is 6.77. The summed E-state index contributed by atoms with van der Waals surface area (Å²) >= 11 is 0. The van der Waals surface area contributed by atoms with Gasteiger partial charge in [0, 0.05) is 32.7 Å². The number of fused-ring (bicyclic) bond motifs is 1. The van der Waals surface area contributed by atoms with Gasteiger partial charge < -0.3 is 9.64 Å². The maximum atomic E-state index is 13.4. The lowest BCUT2D eigenvalue weighted by atomic mass is 10.1. The minimum atomic E-state index is -0.302. The molecule has 5 rings (SSSR count). The zero-order chi connectivity index (χ0) is 22.9.